The maximum atomic E-state index is 12.9. The van der Waals surface area contributed by atoms with Crippen LogP contribution in [0, 0.1) is 0 Å². The van der Waals surface area contributed by atoms with Gasteiger partial charge in [0.25, 0.3) is 5.56 Å². The molecule has 5 rings (SSSR count). The molecule has 0 fully saturated rings. The average molecular weight is 397 g/mol. The predicted molar refractivity (Wildman–Crippen MR) is 105 cm³/mol. The quantitative estimate of drug-likeness (QED) is 0.464. The average Bonchev–Trinajstić information content (AvgIpc) is 3.40. The maximum absolute atomic E-state index is 12.9. The molecule has 0 bridgehead atoms. The summed E-state index contributed by atoms with van der Waals surface area (Å²) in [6.07, 6.45) is 4.36. The topological polar surface area (TPSA) is 83.4 Å². The van der Waals surface area contributed by atoms with Crippen LogP contribution in [0.5, 0.6) is 0 Å². The van der Waals surface area contributed by atoms with E-state index in [-0.39, 0.29) is 5.56 Å². The van der Waals surface area contributed by atoms with Crippen molar-refractivity contribution >= 4 is 44.1 Å². The zero-order valence-corrected chi connectivity index (χ0v) is 16.3. The summed E-state index contributed by atoms with van der Waals surface area (Å²) < 4.78 is 10.4. The second kappa shape index (κ2) is 6.10. The summed E-state index contributed by atoms with van der Waals surface area (Å²) in [5.74, 6) is 0. The summed E-state index contributed by atoms with van der Waals surface area (Å²) in [5, 5.41) is 12.5. The number of rotatable bonds is 4. The fourth-order valence-electron chi connectivity index (χ4n) is 3.21. The fourth-order valence-corrected chi connectivity index (χ4v) is 4.86. The number of hydrogen-bond donors (Lipinski definition) is 0. The van der Waals surface area contributed by atoms with Crippen LogP contribution in [0.3, 0.4) is 0 Å². The predicted octanol–water partition coefficient (Wildman–Crippen LogP) is 2.17. The first kappa shape index (κ1) is 16.3. The zero-order chi connectivity index (χ0) is 18.5. The van der Waals surface area contributed by atoms with Gasteiger partial charge in [-0.1, -0.05) is 0 Å². The molecule has 0 amide bonds. The van der Waals surface area contributed by atoms with Crippen LogP contribution in [0.2, 0.25) is 0 Å². The van der Waals surface area contributed by atoms with Gasteiger partial charge in [-0.2, -0.15) is 14.6 Å². The molecule has 136 valence electrons. The molecule has 0 unspecified atom stereocenters. The molecule has 0 atom stereocenters. The third kappa shape index (κ3) is 2.68. The van der Waals surface area contributed by atoms with Crippen LogP contribution in [0.15, 0.2) is 34.7 Å². The molecule has 0 N–H and O–H groups in total. The summed E-state index contributed by atoms with van der Waals surface area (Å²) in [6.45, 7) is 0.370. The van der Waals surface area contributed by atoms with Gasteiger partial charge in [0, 0.05) is 37.5 Å². The van der Waals surface area contributed by atoms with Crippen molar-refractivity contribution in [3.63, 3.8) is 0 Å². The first-order chi connectivity index (χ1) is 13.1. The van der Waals surface area contributed by atoms with Gasteiger partial charge in [-0.3, -0.25) is 9.48 Å². The molecule has 0 spiro atoms. The van der Waals surface area contributed by atoms with Gasteiger partial charge in [0.05, 0.1) is 28.8 Å². The van der Waals surface area contributed by atoms with Crippen LogP contribution in [-0.4, -0.2) is 33.5 Å². The molecule has 0 aliphatic rings. The van der Waals surface area contributed by atoms with Crippen molar-refractivity contribution in [3.8, 4) is 0 Å². The van der Waals surface area contributed by atoms with Crippen molar-refractivity contribution < 1.29 is 0 Å². The van der Waals surface area contributed by atoms with E-state index >= 15 is 0 Å². The lowest BCUT2D eigenvalue weighted by Crippen LogP contribution is -2.24. The summed E-state index contributed by atoms with van der Waals surface area (Å²) in [6, 6.07) is 3.89. The van der Waals surface area contributed by atoms with E-state index in [2.05, 4.69) is 14.6 Å². The molecule has 0 aromatic carbocycles. The Labute approximate surface area is 161 Å². The summed E-state index contributed by atoms with van der Waals surface area (Å²) in [5.41, 5.74) is 3.12. The van der Waals surface area contributed by atoms with Crippen molar-refractivity contribution in [2.24, 2.45) is 14.1 Å². The third-order valence-electron chi connectivity index (χ3n) is 4.47. The number of nitrogens with zero attached hydrogens (tertiary/aromatic N) is 7. The number of aryl methyl sites for hydroxylation is 2. The van der Waals surface area contributed by atoms with Gasteiger partial charge in [-0.05, 0) is 23.7 Å². The molecular formula is C17H15N7OS2. The van der Waals surface area contributed by atoms with Crippen molar-refractivity contribution in [1.29, 1.82) is 0 Å². The Balaban J connectivity index is 1.59. The van der Waals surface area contributed by atoms with E-state index in [1.807, 2.05) is 42.4 Å². The Morgan fingerprint density at radius 3 is 2.81 bits per heavy atom. The number of hydrogen-bond acceptors (Lipinski definition) is 7. The Kier molecular flexibility index (Phi) is 3.69. The molecular weight excluding hydrogens is 382 g/mol. The maximum Gasteiger partial charge on any atom is 0.291 e. The van der Waals surface area contributed by atoms with Gasteiger partial charge in [-0.15, -0.1) is 11.3 Å². The monoisotopic (exact) mass is 397 g/mol. The first-order valence-electron chi connectivity index (χ1n) is 8.32. The molecule has 0 aliphatic heterocycles. The van der Waals surface area contributed by atoms with Crippen LogP contribution in [0.1, 0.15) is 16.4 Å². The minimum Gasteiger partial charge on any atom is -0.323 e. The third-order valence-corrected chi connectivity index (χ3v) is 6.15. The number of thiazole rings is 1. The number of fused-ring (bicyclic) bond motifs is 3. The lowest BCUT2D eigenvalue weighted by atomic mass is 10.3. The largest absolute Gasteiger partial charge is 0.323 e. The number of aromatic nitrogens is 7. The molecule has 0 radical (unpaired) electrons. The second-order valence-electron chi connectivity index (χ2n) is 6.34. The van der Waals surface area contributed by atoms with E-state index < -0.39 is 0 Å². The molecule has 10 heteroatoms. The Morgan fingerprint density at radius 1 is 1.19 bits per heavy atom. The van der Waals surface area contributed by atoms with Gasteiger partial charge >= 0.3 is 0 Å². The standard InChI is InChI=1S/C17H15N7OS2/c1-22-5-3-10(20-22)7-13-19-16-15(27-13)12-8-18-24(9-11-4-6-26-21-11)17(25)14(12)23(16)2/h3-6,8H,7,9H2,1-2H3. The van der Waals surface area contributed by atoms with E-state index in [9.17, 15) is 4.79 Å². The molecule has 0 aliphatic carbocycles. The van der Waals surface area contributed by atoms with Crippen LogP contribution >= 0.6 is 22.9 Å². The summed E-state index contributed by atoms with van der Waals surface area (Å²) in [7, 11) is 3.78. The van der Waals surface area contributed by atoms with Crippen molar-refractivity contribution in [2.45, 2.75) is 13.0 Å². The molecule has 8 nitrogen and oxygen atoms in total. The van der Waals surface area contributed by atoms with Gasteiger partial charge in [0.1, 0.15) is 10.5 Å². The lowest BCUT2D eigenvalue weighted by molar-refractivity contribution is 0.637. The lowest BCUT2D eigenvalue weighted by Gasteiger charge is -2.03. The minimum atomic E-state index is -0.125. The fraction of sp³-hybridized carbons (Fsp3) is 0.235. The molecule has 0 saturated heterocycles. The zero-order valence-electron chi connectivity index (χ0n) is 14.7. The van der Waals surface area contributed by atoms with Gasteiger partial charge in [-0.25, -0.2) is 9.67 Å². The summed E-state index contributed by atoms with van der Waals surface area (Å²) in [4.78, 5) is 17.7. The second-order valence-corrected chi connectivity index (χ2v) is 8.09. The van der Waals surface area contributed by atoms with Crippen LogP contribution in [0.25, 0.3) is 21.3 Å². The van der Waals surface area contributed by atoms with E-state index in [1.165, 1.54) is 16.2 Å². The highest BCUT2D eigenvalue weighted by Crippen LogP contribution is 2.31. The SMILES string of the molecule is Cn1ccc(Cc2nc3c(s2)c2cnn(Cc4ccsn4)c(=O)c2n3C)n1. The highest BCUT2D eigenvalue weighted by molar-refractivity contribution is 7.19. The Hall–Kier alpha value is -2.85. The normalized spacial score (nSPS) is 11.8. The van der Waals surface area contributed by atoms with E-state index in [4.69, 9.17) is 4.98 Å². The molecule has 5 heterocycles. The molecule has 0 saturated carbocycles. The van der Waals surface area contributed by atoms with Crippen molar-refractivity contribution in [1.82, 2.24) is 33.5 Å². The summed E-state index contributed by atoms with van der Waals surface area (Å²) >= 11 is 2.96. The van der Waals surface area contributed by atoms with Crippen LogP contribution in [-0.2, 0) is 27.1 Å². The Morgan fingerprint density at radius 2 is 2.07 bits per heavy atom. The first-order valence-corrected chi connectivity index (χ1v) is 9.97. The van der Waals surface area contributed by atoms with Crippen molar-refractivity contribution in [3.05, 3.63) is 56.7 Å². The van der Waals surface area contributed by atoms with Gasteiger partial charge in [0.2, 0.25) is 0 Å². The Bertz CT molecular complexity index is 1320. The highest BCUT2D eigenvalue weighted by atomic mass is 32.1. The van der Waals surface area contributed by atoms with E-state index in [1.54, 1.807) is 22.2 Å². The van der Waals surface area contributed by atoms with Crippen molar-refractivity contribution in [2.75, 3.05) is 0 Å². The van der Waals surface area contributed by atoms with E-state index in [0.717, 1.165) is 32.1 Å². The minimum absolute atomic E-state index is 0.125. The molecule has 27 heavy (non-hydrogen) atoms. The smallest absolute Gasteiger partial charge is 0.291 e. The molecule has 5 aromatic rings. The van der Waals surface area contributed by atoms with Gasteiger partial charge < -0.3 is 4.57 Å². The van der Waals surface area contributed by atoms with E-state index in [0.29, 0.717) is 18.5 Å². The van der Waals surface area contributed by atoms with Gasteiger partial charge in [0.15, 0.2) is 5.65 Å². The highest BCUT2D eigenvalue weighted by Gasteiger charge is 2.18. The van der Waals surface area contributed by atoms with Crippen LogP contribution < -0.4 is 5.56 Å². The molecule has 5 aromatic heterocycles. The van der Waals surface area contributed by atoms with Crippen LogP contribution in [0.4, 0.5) is 0 Å².